The van der Waals surface area contributed by atoms with Crippen molar-refractivity contribution in [2.75, 3.05) is 29.1 Å². The van der Waals surface area contributed by atoms with Crippen LogP contribution in [0.4, 0.5) is 16.2 Å². The van der Waals surface area contributed by atoms with Gasteiger partial charge in [0.25, 0.3) is 0 Å². The van der Waals surface area contributed by atoms with Crippen LogP contribution in [0.15, 0.2) is 33.9 Å². The summed E-state index contributed by atoms with van der Waals surface area (Å²) >= 11 is 0. The minimum atomic E-state index is -3.52. The molecular weight excluding hydrogens is 475 g/mol. The number of fused-ring (bicyclic) bond motifs is 2. The molecule has 35 heavy (non-hydrogen) atoms. The van der Waals surface area contributed by atoms with Gasteiger partial charge in [-0.2, -0.15) is 4.98 Å². The Balaban J connectivity index is 1.37. The molecule has 2 atom stereocenters. The van der Waals surface area contributed by atoms with Gasteiger partial charge in [0.15, 0.2) is 27.2 Å². The first-order chi connectivity index (χ1) is 16.6. The lowest BCUT2D eigenvalue weighted by molar-refractivity contribution is 0.389. The molecule has 12 heteroatoms. The average Bonchev–Trinajstić information content (AvgIpc) is 3.39. The third-order valence-corrected chi connectivity index (χ3v) is 7.60. The van der Waals surface area contributed by atoms with E-state index in [1.54, 1.807) is 0 Å². The molecule has 186 valence electrons. The molecule has 2 aliphatic heterocycles. The van der Waals surface area contributed by atoms with Crippen LogP contribution in [0.5, 0.6) is 11.6 Å². The molecule has 0 saturated carbocycles. The highest BCUT2D eigenvalue weighted by molar-refractivity contribution is 7.90. The average molecular weight is 503 g/mol. The van der Waals surface area contributed by atoms with Gasteiger partial charge in [0.1, 0.15) is 12.1 Å². The van der Waals surface area contributed by atoms with E-state index in [0.717, 1.165) is 44.1 Å². The number of piperazine rings is 1. The lowest BCUT2D eigenvalue weighted by Crippen LogP contribution is -2.54. The van der Waals surface area contributed by atoms with Crippen LogP contribution in [0.3, 0.4) is 0 Å². The van der Waals surface area contributed by atoms with E-state index in [2.05, 4.69) is 29.9 Å². The molecule has 0 radical (unpaired) electrons. The zero-order valence-corrected chi connectivity index (χ0v) is 20.8. The minimum Gasteiger partial charge on any atom is -0.435 e. The summed E-state index contributed by atoms with van der Waals surface area (Å²) in [6.45, 7) is 7.33. The summed E-state index contributed by atoms with van der Waals surface area (Å²) < 4.78 is 49.2. The second-order valence-electron chi connectivity index (χ2n) is 9.38. The van der Waals surface area contributed by atoms with Crippen LogP contribution in [0.25, 0.3) is 0 Å². The lowest BCUT2D eigenvalue weighted by Gasteiger charge is -2.41. The summed E-state index contributed by atoms with van der Waals surface area (Å²) in [6, 6.07) is 4.48. The standard InChI is InChI=1S/C23H27FN6O4S/c1-13(2)20-27-23(34-28-20)29-10-15-5-6-16(11-29)30(15)21-14(3)22(26-12-25-21)33-19-8-7-17(9-18(19)24)35(4,31)32/h7-9,12-13,15-16H,5-6,10-11H2,1-4H3. The van der Waals surface area contributed by atoms with Crippen molar-refractivity contribution < 1.29 is 22.1 Å². The molecule has 0 spiro atoms. The molecule has 4 heterocycles. The van der Waals surface area contributed by atoms with Crippen LogP contribution in [0.2, 0.25) is 0 Å². The predicted molar refractivity (Wildman–Crippen MR) is 126 cm³/mol. The zero-order chi connectivity index (χ0) is 24.9. The third-order valence-electron chi connectivity index (χ3n) is 6.49. The number of ether oxygens (including phenoxy) is 1. The van der Waals surface area contributed by atoms with Gasteiger partial charge in [-0.05, 0) is 38.0 Å². The Labute approximate surface area is 203 Å². The largest absolute Gasteiger partial charge is 0.435 e. The lowest BCUT2D eigenvalue weighted by atomic mass is 10.1. The molecule has 0 N–H and O–H groups in total. The summed E-state index contributed by atoms with van der Waals surface area (Å²) in [5, 5.41) is 4.09. The Bertz CT molecular complexity index is 1350. The number of hydrogen-bond donors (Lipinski definition) is 0. The Morgan fingerprint density at radius 1 is 1.17 bits per heavy atom. The Morgan fingerprint density at radius 2 is 1.89 bits per heavy atom. The van der Waals surface area contributed by atoms with E-state index < -0.39 is 15.7 Å². The van der Waals surface area contributed by atoms with Crippen LogP contribution >= 0.6 is 0 Å². The number of halogens is 1. The third kappa shape index (κ3) is 4.42. The topological polar surface area (TPSA) is 115 Å². The molecule has 2 fully saturated rings. The maximum atomic E-state index is 14.6. The van der Waals surface area contributed by atoms with E-state index in [0.29, 0.717) is 17.4 Å². The number of aromatic nitrogens is 4. The van der Waals surface area contributed by atoms with Crippen LogP contribution in [-0.2, 0) is 9.84 Å². The molecule has 5 rings (SSSR count). The van der Waals surface area contributed by atoms with E-state index in [1.807, 2.05) is 20.8 Å². The fourth-order valence-electron chi connectivity index (χ4n) is 4.68. The second-order valence-corrected chi connectivity index (χ2v) is 11.4. The Kier molecular flexibility index (Phi) is 5.86. The predicted octanol–water partition coefficient (Wildman–Crippen LogP) is 3.48. The summed E-state index contributed by atoms with van der Waals surface area (Å²) in [5.74, 6) is 0.974. The fraction of sp³-hybridized carbons (Fsp3) is 0.478. The maximum Gasteiger partial charge on any atom is 0.324 e. The number of rotatable bonds is 6. The van der Waals surface area contributed by atoms with Crippen LogP contribution < -0.4 is 14.5 Å². The van der Waals surface area contributed by atoms with Crippen molar-refractivity contribution in [2.45, 2.75) is 56.5 Å². The molecule has 0 amide bonds. The molecule has 0 aliphatic carbocycles. The van der Waals surface area contributed by atoms with E-state index in [-0.39, 0.29) is 34.5 Å². The number of anilines is 2. The number of sulfone groups is 1. The Morgan fingerprint density at radius 3 is 2.49 bits per heavy atom. The van der Waals surface area contributed by atoms with Crippen LogP contribution in [0.1, 0.15) is 44.0 Å². The highest BCUT2D eigenvalue weighted by Crippen LogP contribution is 2.39. The van der Waals surface area contributed by atoms with Gasteiger partial charge in [-0.3, -0.25) is 0 Å². The molecule has 2 aliphatic rings. The minimum absolute atomic E-state index is 0.102. The summed E-state index contributed by atoms with van der Waals surface area (Å²) in [7, 11) is -3.52. The molecule has 2 unspecified atom stereocenters. The van der Waals surface area contributed by atoms with Crippen molar-refractivity contribution >= 4 is 21.7 Å². The van der Waals surface area contributed by atoms with Crippen LogP contribution in [-0.4, -0.2) is 60.0 Å². The molecule has 10 nitrogen and oxygen atoms in total. The molecule has 2 bridgehead atoms. The SMILES string of the molecule is Cc1c(Oc2ccc(S(C)(=O)=O)cc2F)ncnc1N1C2CCC1CN(c1nc(C(C)C)no1)C2. The van der Waals surface area contributed by atoms with E-state index in [1.165, 1.54) is 18.5 Å². The van der Waals surface area contributed by atoms with Crippen molar-refractivity contribution in [1.29, 1.82) is 0 Å². The zero-order valence-electron chi connectivity index (χ0n) is 20.0. The van der Waals surface area contributed by atoms with Gasteiger partial charge in [0, 0.05) is 37.3 Å². The smallest absolute Gasteiger partial charge is 0.324 e. The highest BCUT2D eigenvalue weighted by atomic mass is 32.2. The van der Waals surface area contributed by atoms with Crippen molar-refractivity contribution in [3.63, 3.8) is 0 Å². The molecular formula is C23H27FN6O4S. The van der Waals surface area contributed by atoms with Gasteiger partial charge in [-0.1, -0.05) is 19.0 Å². The van der Waals surface area contributed by atoms with Gasteiger partial charge >= 0.3 is 6.01 Å². The van der Waals surface area contributed by atoms with Crippen molar-refractivity contribution in [3.05, 3.63) is 41.7 Å². The normalized spacial score (nSPS) is 20.1. The number of benzene rings is 1. The quantitative estimate of drug-likeness (QED) is 0.496. The summed E-state index contributed by atoms with van der Waals surface area (Å²) in [4.78, 5) is 17.6. The Hall–Kier alpha value is -3.28. The molecule has 3 aromatic rings. The van der Waals surface area contributed by atoms with Crippen molar-refractivity contribution in [3.8, 4) is 11.6 Å². The number of nitrogens with zero attached hydrogens (tertiary/aromatic N) is 6. The van der Waals surface area contributed by atoms with Gasteiger partial charge in [0.05, 0.1) is 10.5 Å². The van der Waals surface area contributed by atoms with Crippen molar-refractivity contribution in [2.24, 2.45) is 0 Å². The summed E-state index contributed by atoms with van der Waals surface area (Å²) in [5.41, 5.74) is 0.685. The van der Waals surface area contributed by atoms with E-state index >= 15 is 0 Å². The van der Waals surface area contributed by atoms with Gasteiger partial charge in [-0.15, -0.1) is 0 Å². The molecule has 2 saturated heterocycles. The maximum absolute atomic E-state index is 14.6. The van der Waals surface area contributed by atoms with Gasteiger partial charge in [-0.25, -0.2) is 22.8 Å². The molecule has 1 aromatic carbocycles. The van der Waals surface area contributed by atoms with E-state index in [9.17, 15) is 12.8 Å². The van der Waals surface area contributed by atoms with Gasteiger partial charge in [0.2, 0.25) is 5.88 Å². The monoisotopic (exact) mass is 502 g/mol. The first-order valence-corrected chi connectivity index (χ1v) is 13.4. The highest BCUT2D eigenvalue weighted by Gasteiger charge is 2.43. The van der Waals surface area contributed by atoms with E-state index in [4.69, 9.17) is 9.26 Å². The van der Waals surface area contributed by atoms with Crippen molar-refractivity contribution in [1.82, 2.24) is 20.1 Å². The second kappa shape index (κ2) is 8.74. The summed E-state index contributed by atoms with van der Waals surface area (Å²) in [6.07, 6.45) is 4.42. The fourth-order valence-corrected chi connectivity index (χ4v) is 5.31. The first kappa shape index (κ1) is 23.5. The molecule has 2 aromatic heterocycles. The first-order valence-electron chi connectivity index (χ1n) is 11.5. The van der Waals surface area contributed by atoms with Crippen LogP contribution in [0, 0.1) is 12.7 Å². The van der Waals surface area contributed by atoms with Gasteiger partial charge < -0.3 is 19.1 Å². The number of hydrogen-bond acceptors (Lipinski definition) is 10.